The molecule has 3 aromatic rings. The van der Waals surface area contributed by atoms with E-state index in [0.29, 0.717) is 30.6 Å². The Morgan fingerprint density at radius 2 is 2.13 bits per heavy atom. The van der Waals surface area contributed by atoms with Crippen LogP contribution in [0.2, 0.25) is 0 Å². The van der Waals surface area contributed by atoms with E-state index in [0.717, 1.165) is 22.5 Å². The minimum absolute atomic E-state index is 0.0877. The summed E-state index contributed by atoms with van der Waals surface area (Å²) in [5.41, 5.74) is 4.38. The van der Waals surface area contributed by atoms with Gasteiger partial charge in [0.1, 0.15) is 17.4 Å². The van der Waals surface area contributed by atoms with Crippen LogP contribution in [-0.2, 0) is 11.2 Å². The number of benzene rings is 1. The molecule has 7 nitrogen and oxygen atoms in total. The highest BCUT2D eigenvalue weighted by Gasteiger charge is 2.17. The zero-order valence-corrected chi connectivity index (χ0v) is 17.6. The third-order valence-corrected chi connectivity index (χ3v) is 5.28. The fourth-order valence-electron chi connectivity index (χ4n) is 3.60. The maximum atomic E-state index is 13.6. The number of nitrogens with one attached hydrogen (secondary N) is 1. The molecule has 3 rings (SSSR count). The third kappa shape index (κ3) is 4.47. The van der Waals surface area contributed by atoms with Crippen LogP contribution in [-0.4, -0.2) is 46.0 Å². The molecule has 0 aliphatic heterocycles. The van der Waals surface area contributed by atoms with Crippen molar-refractivity contribution in [2.24, 2.45) is 0 Å². The lowest BCUT2D eigenvalue weighted by Gasteiger charge is -2.25. The molecular weight excluding hydrogens is 383 g/mol. The molecular formula is C22H25FN6O. The van der Waals surface area contributed by atoms with Gasteiger partial charge in [-0.3, -0.25) is 4.79 Å². The van der Waals surface area contributed by atoms with Gasteiger partial charge in [-0.15, -0.1) is 0 Å². The average molecular weight is 408 g/mol. The molecule has 8 heteroatoms. The molecule has 156 valence electrons. The van der Waals surface area contributed by atoms with Crippen LogP contribution in [0.1, 0.15) is 40.5 Å². The summed E-state index contributed by atoms with van der Waals surface area (Å²) in [7, 11) is 3.80. The number of hydrogen-bond donors (Lipinski definition) is 1. The number of carbonyl (C=O) groups excluding carboxylic acids is 1. The van der Waals surface area contributed by atoms with Crippen LogP contribution in [0, 0.1) is 31.0 Å². The normalized spacial score (nSPS) is 12.2. The monoisotopic (exact) mass is 408 g/mol. The zero-order valence-electron chi connectivity index (χ0n) is 17.6. The van der Waals surface area contributed by atoms with E-state index in [4.69, 9.17) is 0 Å². The Labute approximate surface area is 175 Å². The zero-order chi connectivity index (χ0) is 21.8. The van der Waals surface area contributed by atoms with Crippen LogP contribution in [0.4, 0.5) is 4.39 Å². The summed E-state index contributed by atoms with van der Waals surface area (Å²) in [5.74, 6) is -0.381. The van der Waals surface area contributed by atoms with Crippen molar-refractivity contribution in [1.82, 2.24) is 24.8 Å². The smallest absolute Gasteiger partial charge is 0.220 e. The van der Waals surface area contributed by atoms with E-state index in [-0.39, 0.29) is 17.8 Å². The van der Waals surface area contributed by atoms with Gasteiger partial charge in [0.15, 0.2) is 5.65 Å². The molecule has 1 N–H and O–H groups in total. The average Bonchev–Trinajstić information content (AvgIpc) is 3.10. The molecule has 2 aromatic heterocycles. The topological polar surface area (TPSA) is 86.3 Å². The molecule has 1 amide bonds. The summed E-state index contributed by atoms with van der Waals surface area (Å²) >= 11 is 0. The molecule has 1 atom stereocenters. The van der Waals surface area contributed by atoms with Crippen molar-refractivity contribution in [2.45, 2.75) is 32.7 Å². The van der Waals surface area contributed by atoms with Crippen LogP contribution in [0.5, 0.6) is 0 Å². The highest BCUT2D eigenvalue weighted by Crippen LogP contribution is 2.20. The van der Waals surface area contributed by atoms with Crippen molar-refractivity contribution in [3.05, 3.63) is 64.4 Å². The number of amides is 1. The Kier molecular flexibility index (Phi) is 6.43. The first-order valence-corrected chi connectivity index (χ1v) is 9.74. The van der Waals surface area contributed by atoms with Crippen molar-refractivity contribution >= 4 is 11.6 Å². The summed E-state index contributed by atoms with van der Waals surface area (Å²) in [4.78, 5) is 18.9. The molecule has 0 spiro atoms. The fourth-order valence-corrected chi connectivity index (χ4v) is 3.60. The van der Waals surface area contributed by atoms with Crippen molar-refractivity contribution < 1.29 is 9.18 Å². The minimum Gasteiger partial charge on any atom is -0.354 e. The van der Waals surface area contributed by atoms with E-state index in [1.807, 2.05) is 38.9 Å². The van der Waals surface area contributed by atoms with Gasteiger partial charge in [0.05, 0.1) is 12.2 Å². The molecule has 1 unspecified atom stereocenters. The first-order chi connectivity index (χ1) is 14.3. The van der Waals surface area contributed by atoms with E-state index in [1.54, 1.807) is 10.6 Å². The van der Waals surface area contributed by atoms with Gasteiger partial charge in [-0.2, -0.15) is 10.4 Å². The van der Waals surface area contributed by atoms with Crippen molar-refractivity contribution in [1.29, 1.82) is 5.26 Å². The Morgan fingerprint density at radius 3 is 2.80 bits per heavy atom. The van der Waals surface area contributed by atoms with Gasteiger partial charge < -0.3 is 10.2 Å². The maximum absolute atomic E-state index is 13.6. The molecule has 0 fully saturated rings. The van der Waals surface area contributed by atoms with Gasteiger partial charge in [-0.1, -0.05) is 12.1 Å². The number of hydrogen-bond acceptors (Lipinski definition) is 5. The van der Waals surface area contributed by atoms with Crippen molar-refractivity contribution in [2.75, 3.05) is 20.6 Å². The molecule has 0 saturated heterocycles. The number of carbonyl (C=O) groups is 1. The van der Waals surface area contributed by atoms with Gasteiger partial charge in [0.25, 0.3) is 0 Å². The van der Waals surface area contributed by atoms with Crippen LogP contribution in [0.3, 0.4) is 0 Å². The van der Waals surface area contributed by atoms with Gasteiger partial charge in [0.2, 0.25) is 5.91 Å². The van der Waals surface area contributed by atoms with Gasteiger partial charge in [-0.25, -0.2) is 13.9 Å². The van der Waals surface area contributed by atoms with Gasteiger partial charge in [-0.05, 0) is 57.6 Å². The first kappa shape index (κ1) is 21.4. The van der Waals surface area contributed by atoms with E-state index >= 15 is 0 Å². The molecule has 0 aliphatic carbocycles. The fraction of sp³-hybridized carbons (Fsp3) is 0.364. The lowest BCUT2D eigenvalue weighted by Crippen LogP contribution is -2.34. The van der Waals surface area contributed by atoms with Crippen LogP contribution < -0.4 is 5.32 Å². The molecule has 0 radical (unpaired) electrons. The lowest BCUT2D eigenvalue weighted by atomic mass is 10.0. The molecule has 0 aliphatic rings. The predicted molar refractivity (Wildman–Crippen MR) is 111 cm³/mol. The summed E-state index contributed by atoms with van der Waals surface area (Å²) in [6, 6.07) is 8.39. The van der Waals surface area contributed by atoms with Gasteiger partial charge >= 0.3 is 0 Å². The minimum atomic E-state index is -0.294. The summed E-state index contributed by atoms with van der Waals surface area (Å²) in [5, 5.41) is 16.4. The number of likely N-dealkylation sites (N-methyl/N-ethyl adjacent to an activating group) is 1. The quantitative estimate of drug-likeness (QED) is 0.650. The van der Waals surface area contributed by atoms with Gasteiger partial charge in [0, 0.05) is 24.4 Å². The maximum Gasteiger partial charge on any atom is 0.220 e. The third-order valence-electron chi connectivity index (χ3n) is 5.28. The molecule has 2 heterocycles. The Balaban J connectivity index is 1.66. The molecule has 0 bridgehead atoms. The van der Waals surface area contributed by atoms with E-state index in [1.165, 1.54) is 18.3 Å². The standard InChI is InChI=1S/C22H25FN6O/c1-14-19(15(2)29-22(27-14)17(11-24)12-26-29)8-9-21(30)25-13-20(28(3)4)16-6-5-7-18(23)10-16/h5-7,10,12,20H,8-9,13H2,1-4H3,(H,25,30). The second-order valence-corrected chi connectivity index (χ2v) is 7.51. The Hall–Kier alpha value is -3.31. The summed E-state index contributed by atoms with van der Waals surface area (Å²) < 4.78 is 15.2. The number of nitriles is 1. The Morgan fingerprint density at radius 1 is 1.37 bits per heavy atom. The van der Waals surface area contributed by atoms with Crippen LogP contribution in [0.25, 0.3) is 5.65 Å². The number of rotatable bonds is 7. The number of nitrogens with zero attached hydrogens (tertiary/aromatic N) is 5. The van der Waals surface area contributed by atoms with Crippen LogP contribution in [0.15, 0.2) is 30.5 Å². The second-order valence-electron chi connectivity index (χ2n) is 7.51. The summed E-state index contributed by atoms with van der Waals surface area (Å²) in [6.07, 6.45) is 2.31. The largest absolute Gasteiger partial charge is 0.354 e. The number of aromatic nitrogens is 3. The van der Waals surface area contributed by atoms with Crippen molar-refractivity contribution in [3.63, 3.8) is 0 Å². The lowest BCUT2D eigenvalue weighted by molar-refractivity contribution is -0.121. The number of aryl methyl sites for hydroxylation is 2. The molecule has 0 saturated carbocycles. The number of fused-ring (bicyclic) bond motifs is 1. The van der Waals surface area contributed by atoms with E-state index in [2.05, 4.69) is 21.5 Å². The second kappa shape index (κ2) is 9.01. The highest BCUT2D eigenvalue weighted by atomic mass is 19.1. The van der Waals surface area contributed by atoms with E-state index < -0.39 is 0 Å². The predicted octanol–water partition coefficient (Wildman–Crippen LogP) is 2.71. The van der Waals surface area contributed by atoms with Crippen molar-refractivity contribution in [3.8, 4) is 6.07 Å². The Bertz CT molecular complexity index is 1110. The SMILES string of the molecule is Cc1nc2c(C#N)cnn2c(C)c1CCC(=O)NCC(c1cccc(F)c1)N(C)C. The highest BCUT2D eigenvalue weighted by molar-refractivity contribution is 5.76. The molecule has 30 heavy (non-hydrogen) atoms. The molecule has 1 aromatic carbocycles. The number of halogens is 1. The first-order valence-electron chi connectivity index (χ1n) is 9.74. The van der Waals surface area contributed by atoms with E-state index in [9.17, 15) is 14.4 Å². The summed E-state index contributed by atoms with van der Waals surface area (Å²) in [6.45, 7) is 4.17. The van der Waals surface area contributed by atoms with Crippen LogP contribution >= 0.6 is 0 Å².